The van der Waals surface area contributed by atoms with Crippen molar-refractivity contribution in [3.05, 3.63) is 23.8 Å². The number of nitrogens with one attached hydrogen (secondary N) is 1. The first-order valence-corrected chi connectivity index (χ1v) is 8.46. The van der Waals surface area contributed by atoms with Crippen LogP contribution in [0.3, 0.4) is 0 Å². The van der Waals surface area contributed by atoms with Crippen LogP contribution in [0.1, 0.15) is 23.7 Å². The molecule has 0 spiro atoms. The van der Waals surface area contributed by atoms with Crippen LogP contribution >= 0.6 is 11.8 Å². The third-order valence-electron chi connectivity index (χ3n) is 4.30. The summed E-state index contributed by atoms with van der Waals surface area (Å²) in [6, 6.07) is 4.15. The van der Waals surface area contributed by atoms with E-state index in [0.29, 0.717) is 11.3 Å². The Morgan fingerprint density at radius 1 is 1.42 bits per heavy atom. The highest BCUT2D eigenvalue weighted by atomic mass is 32.2. The summed E-state index contributed by atoms with van der Waals surface area (Å²) in [7, 11) is 1.50. The molecular weight excluding hydrogens is 332 g/mol. The lowest BCUT2D eigenvalue weighted by Gasteiger charge is -2.24. The van der Waals surface area contributed by atoms with Crippen LogP contribution in [0.5, 0.6) is 0 Å². The number of aliphatic carboxylic acids is 1. The van der Waals surface area contributed by atoms with Crippen LogP contribution in [-0.4, -0.2) is 58.8 Å². The van der Waals surface area contributed by atoms with Gasteiger partial charge in [0.05, 0.1) is 17.0 Å². The maximum atomic E-state index is 12.7. The van der Waals surface area contributed by atoms with Crippen LogP contribution < -0.4 is 5.32 Å². The van der Waals surface area contributed by atoms with Crippen molar-refractivity contribution in [1.29, 1.82) is 0 Å². The number of thioether (sulfide) groups is 1. The lowest BCUT2D eigenvalue weighted by atomic mass is 10.1. The number of nitrogens with zero attached hydrogens (tertiary/aromatic N) is 1. The molecule has 1 fully saturated rings. The van der Waals surface area contributed by atoms with E-state index in [1.807, 2.05) is 6.92 Å². The fourth-order valence-corrected chi connectivity index (χ4v) is 3.86. The van der Waals surface area contributed by atoms with E-state index in [9.17, 15) is 19.5 Å². The Morgan fingerprint density at radius 2 is 2.17 bits per heavy atom. The molecule has 8 heteroatoms. The summed E-state index contributed by atoms with van der Waals surface area (Å²) in [5, 5.41) is 11.9. The number of amides is 2. The largest absolute Gasteiger partial charge is 0.480 e. The van der Waals surface area contributed by atoms with Crippen molar-refractivity contribution in [2.75, 3.05) is 19.0 Å². The third-order valence-corrected chi connectivity index (χ3v) is 5.48. The predicted molar refractivity (Wildman–Crippen MR) is 88.3 cm³/mol. The molecule has 0 bridgehead atoms. The molecular formula is C16H18N2O5S. The number of carbonyl (C=O) groups is 3. The molecule has 0 radical (unpaired) electrons. The molecule has 0 saturated carbocycles. The second-order valence-corrected chi connectivity index (χ2v) is 7.25. The van der Waals surface area contributed by atoms with Crippen LogP contribution in [0.4, 0.5) is 5.69 Å². The molecule has 0 aromatic heterocycles. The maximum Gasteiger partial charge on any atom is 0.326 e. The van der Waals surface area contributed by atoms with Crippen LogP contribution in [0.15, 0.2) is 23.1 Å². The fraction of sp³-hybridized carbons (Fsp3) is 0.438. The first kappa shape index (κ1) is 16.8. The van der Waals surface area contributed by atoms with Crippen molar-refractivity contribution >= 4 is 35.2 Å². The molecule has 0 aliphatic carbocycles. The molecule has 128 valence electrons. The van der Waals surface area contributed by atoms with Gasteiger partial charge in [0, 0.05) is 30.5 Å². The number of hydrogen-bond donors (Lipinski definition) is 2. The molecule has 1 aromatic rings. The summed E-state index contributed by atoms with van der Waals surface area (Å²) >= 11 is 1.43. The van der Waals surface area contributed by atoms with Gasteiger partial charge in [0.25, 0.3) is 5.91 Å². The molecule has 2 N–H and O–H groups in total. The van der Waals surface area contributed by atoms with Crippen LogP contribution in [0.2, 0.25) is 0 Å². The van der Waals surface area contributed by atoms with Crippen LogP contribution in [0.25, 0.3) is 0 Å². The molecule has 7 nitrogen and oxygen atoms in total. The number of hydrogen-bond acceptors (Lipinski definition) is 5. The van der Waals surface area contributed by atoms with Crippen LogP contribution in [-0.2, 0) is 14.3 Å². The van der Waals surface area contributed by atoms with E-state index in [2.05, 4.69) is 5.32 Å². The van der Waals surface area contributed by atoms with Crippen molar-refractivity contribution < 1.29 is 24.2 Å². The van der Waals surface area contributed by atoms with Crippen LogP contribution in [0, 0.1) is 0 Å². The van der Waals surface area contributed by atoms with Crippen molar-refractivity contribution in [2.24, 2.45) is 0 Å². The van der Waals surface area contributed by atoms with E-state index in [4.69, 9.17) is 4.74 Å². The summed E-state index contributed by atoms with van der Waals surface area (Å²) in [6.45, 7) is 2.05. The highest BCUT2D eigenvalue weighted by Crippen LogP contribution is 2.36. The number of likely N-dealkylation sites (tertiary alicyclic amines) is 1. The summed E-state index contributed by atoms with van der Waals surface area (Å²) in [5.41, 5.74) is 0.940. The maximum absolute atomic E-state index is 12.7. The molecule has 2 heterocycles. The number of carboxylic acid groups (broad SMARTS) is 1. The number of carboxylic acids is 1. The Bertz CT molecular complexity index is 708. The topological polar surface area (TPSA) is 95.9 Å². The number of benzene rings is 1. The lowest BCUT2D eigenvalue weighted by molar-refractivity contribution is -0.141. The SMILES string of the molecule is COC1CC(C(=O)O)N(C(=O)c2ccc3c(c2)NC(=O)C(C)S3)C1. The number of carbonyl (C=O) groups excluding carboxylic acids is 2. The fourth-order valence-electron chi connectivity index (χ4n) is 2.93. The van der Waals surface area contributed by atoms with E-state index in [1.165, 1.54) is 23.8 Å². The quantitative estimate of drug-likeness (QED) is 0.856. The molecule has 3 unspecified atom stereocenters. The first-order chi connectivity index (χ1) is 11.4. The van der Waals surface area contributed by atoms with Gasteiger partial charge in [0.2, 0.25) is 5.91 Å². The minimum absolute atomic E-state index is 0.110. The Morgan fingerprint density at radius 3 is 2.83 bits per heavy atom. The second kappa shape index (κ2) is 6.45. The van der Waals surface area contributed by atoms with E-state index >= 15 is 0 Å². The zero-order chi connectivity index (χ0) is 17.4. The number of anilines is 1. The van der Waals surface area contributed by atoms with E-state index in [1.54, 1.807) is 18.2 Å². The number of ether oxygens (including phenoxy) is 1. The van der Waals surface area contributed by atoms with Gasteiger partial charge in [0.15, 0.2) is 0 Å². The van der Waals surface area contributed by atoms with Gasteiger partial charge in [-0.3, -0.25) is 9.59 Å². The molecule has 3 atom stereocenters. The summed E-state index contributed by atoms with van der Waals surface area (Å²) < 4.78 is 5.21. The van der Waals surface area contributed by atoms with Gasteiger partial charge in [-0.25, -0.2) is 4.79 Å². The number of rotatable bonds is 3. The predicted octanol–water partition coefficient (Wildman–Crippen LogP) is 1.43. The molecule has 1 aromatic carbocycles. The second-order valence-electron chi connectivity index (χ2n) is 5.87. The van der Waals surface area contributed by atoms with Crippen molar-refractivity contribution in [2.45, 2.75) is 35.6 Å². The van der Waals surface area contributed by atoms with Gasteiger partial charge >= 0.3 is 5.97 Å². The molecule has 2 aliphatic rings. The smallest absolute Gasteiger partial charge is 0.326 e. The number of methoxy groups -OCH3 is 1. The standard InChI is InChI=1S/C16H18N2O5S/c1-8-14(19)17-11-5-9(3-4-13(11)24-8)15(20)18-7-10(23-2)6-12(18)16(21)22/h3-5,8,10,12H,6-7H2,1-2H3,(H,17,19)(H,21,22). The molecule has 3 rings (SSSR count). The minimum Gasteiger partial charge on any atom is -0.480 e. The third kappa shape index (κ3) is 2.99. The Hall–Kier alpha value is -2.06. The van der Waals surface area contributed by atoms with Gasteiger partial charge in [-0.1, -0.05) is 0 Å². The molecule has 2 amide bonds. The molecule has 24 heavy (non-hydrogen) atoms. The zero-order valence-electron chi connectivity index (χ0n) is 13.3. The van der Waals surface area contributed by atoms with E-state index in [-0.39, 0.29) is 36.1 Å². The minimum atomic E-state index is -1.04. The Labute approximate surface area is 143 Å². The van der Waals surface area contributed by atoms with Gasteiger partial charge < -0.3 is 20.1 Å². The monoisotopic (exact) mass is 350 g/mol. The highest BCUT2D eigenvalue weighted by Gasteiger charge is 2.40. The van der Waals surface area contributed by atoms with Crippen molar-refractivity contribution in [1.82, 2.24) is 4.90 Å². The lowest BCUT2D eigenvalue weighted by Crippen LogP contribution is -2.40. The Kier molecular flexibility index (Phi) is 4.51. The molecule has 2 aliphatic heterocycles. The van der Waals surface area contributed by atoms with Gasteiger partial charge in [0.1, 0.15) is 6.04 Å². The Balaban J connectivity index is 1.86. The molecule has 1 saturated heterocycles. The van der Waals surface area contributed by atoms with Gasteiger partial charge in [-0.05, 0) is 25.1 Å². The van der Waals surface area contributed by atoms with E-state index in [0.717, 1.165) is 4.90 Å². The van der Waals surface area contributed by atoms with Crippen molar-refractivity contribution in [3.63, 3.8) is 0 Å². The first-order valence-electron chi connectivity index (χ1n) is 7.59. The average molecular weight is 350 g/mol. The van der Waals surface area contributed by atoms with E-state index < -0.39 is 12.0 Å². The average Bonchev–Trinajstić information content (AvgIpc) is 2.99. The van der Waals surface area contributed by atoms with Gasteiger partial charge in [-0.15, -0.1) is 11.8 Å². The summed E-state index contributed by atoms with van der Waals surface area (Å²) in [6.07, 6.45) is -0.0177. The normalized spacial score (nSPS) is 26.0. The summed E-state index contributed by atoms with van der Waals surface area (Å²) in [5.74, 6) is -1.53. The number of fused-ring (bicyclic) bond motifs is 1. The zero-order valence-corrected chi connectivity index (χ0v) is 14.1. The van der Waals surface area contributed by atoms with Crippen molar-refractivity contribution in [3.8, 4) is 0 Å². The summed E-state index contributed by atoms with van der Waals surface area (Å²) in [4.78, 5) is 38.2. The van der Waals surface area contributed by atoms with Gasteiger partial charge in [-0.2, -0.15) is 0 Å². The highest BCUT2D eigenvalue weighted by molar-refractivity contribution is 8.00.